The third-order valence-corrected chi connectivity index (χ3v) is 1.52. The molecule has 0 radical (unpaired) electrons. The van der Waals surface area contributed by atoms with Crippen LogP contribution in [0.1, 0.15) is 6.92 Å². The zero-order valence-corrected chi connectivity index (χ0v) is 6.08. The molecule has 2 unspecified atom stereocenters. The van der Waals surface area contributed by atoms with Crippen molar-refractivity contribution < 1.29 is 0 Å². The molecule has 0 heterocycles. The molecule has 0 aromatic rings. The van der Waals surface area contributed by atoms with Crippen LogP contribution in [0.5, 0.6) is 0 Å². The number of hydrogen-bond donors (Lipinski definition) is 0. The lowest BCUT2D eigenvalue weighted by Crippen LogP contribution is -2.09. The maximum atomic E-state index is 8.28. The zero-order valence-electron chi connectivity index (χ0n) is 4.56. The topological polar surface area (TPSA) is 23.8 Å². The summed E-state index contributed by atoms with van der Waals surface area (Å²) < 4.78 is 0. The molecule has 2 atom stereocenters. The van der Waals surface area contributed by atoms with Gasteiger partial charge in [0.1, 0.15) is 0 Å². The van der Waals surface area contributed by atoms with Gasteiger partial charge in [-0.3, -0.25) is 0 Å². The summed E-state index contributed by atoms with van der Waals surface area (Å²) in [6, 6.07) is 1.99. The summed E-state index contributed by atoms with van der Waals surface area (Å²) in [7, 11) is 0. The Bertz CT molecular complexity index is 95.1. The molecule has 0 N–H and O–H groups in total. The SMILES string of the molecule is CC(Cl)C(C#N)CCl. The Labute approximate surface area is 59.2 Å². The van der Waals surface area contributed by atoms with E-state index < -0.39 is 0 Å². The minimum Gasteiger partial charge on any atom is -0.198 e. The van der Waals surface area contributed by atoms with Gasteiger partial charge in [-0.2, -0.15) is 5.26 Å². The molecule has 3 heteroatoms. The fourth-order valence-corrected chi connectivity index (χ4v) is 0.833. The van der Waals surface area contributed by atoms with Gasteiger partial charge in [-0.05, 0) is 6.92 Å². The third-order valence-electron chi connectivity index (χ3n) is 0.887. The fourth-order valence-electron chi connectivity index (χ4n) is 0.260. The largest absolute Gasteiger partial charge is 0.198 e. The van der Waals surface area contributed by atoms with Gasteiger partial charge in [0.05, 0.1) is 12.0 Å². The van der Waals surface area contributed by atoms with Crippen LogP contribution in [-0.2, 0) is 0 Å². The smallest absolute Gasteiger partial charge is 0.0759 e. The van der Waals surface area contributed by atoms with E-state index in [1.54, 1.807) is 6.92 Å². The van der Waals surface area contributed by atoms with Gasteiger partial charge in [-0.1, -0.05) is 0 Å². The third kappa shape index (κ3) is 2.40. The number of rotatable bonds is 2. The molecule has 0 bridgehead atoms. The molecule has 0 rings (SSSR count). The highest BCUT2D eigenvalue weighted by Gasteiger charge is 2.11. The van der Waals surface area contributed by atoms with E-state index in [9.17, 15) is 0 Å². The van der Waals surface area contributed by atoms with Crippen molar-refractivity contribution in [1.82, 2.24) is 0 Å². The normalized spacial score (nSPS) is 16.8. The highest BCUT2D eigenvalue weighted by atomic mass is 35.5. The summed E-state index contributed by atoms with van der Waals surface area (Å²) >= 11 is 10.9. The van der Waals surface area contributed by atoms with E-state index in [0.29, 0.717) is 5.88 Å². The molecule has 46 valence electrons. The first kappa shape index (κ1) is 8.07. The Morgan fingerprint density at radius 1 is 1.75 bits per heavy atom. The van der Waals surface area contributed by atoms with E-state index in [1.165, 1.54) is 0 Å². The van der Waals surface area contributed by atoms with E-state index in [1.807, 2.05) is 6.07 Å². The molecule has 0 aliphatic rings. The Morgan fingerprint density at radius 3 is 2.25 bits per heavy atom. The van der Waals surface area contributed by atoms with Gasteiger partial charge in [0.15, 0.2) is 0 Å². The number of nitriles is 1. The van der Waals surface area contributed by atoms with Gasteiger partial charge >= 0.3 is 0 Å². The average Bonchev–Trinajstić information content (AvgIpc) is 1.69. The van der Waals surface area contributed by atoms with Crippen molar-refractivity contribution in [2.45, 2.75) is 12.3 Å². The first-order chi connectivity index (χ1) is 3.72. The molecule has 0 aliphatic heterocycles. The van der Waals surface area contributed by atoms with Gasteiger partial charge < -0.3 is 0 Å². The van der Waals surface area contributed by atoms with Gasteiger partial charge in [0.2, 0.25) is 0 Å². The Hall–Kier alpha value is 0.0700. The van der Waals surface area contributed by atoms with Crippen LogP contribution in [0.25, 0.3) is 0 Å². The Kier molecular flexibility index (Phi) is 4.03. The molecule has 0 spiro atoms. The monoisotopic (exact) mass is 151 g/mol. The molecule has 8 heavy (non-hydrogen) atoms. The van der Waals surface area contributed by atoms with Crippen LogP contribution in [-0.4, -0.2) is 11.3 Å². The number of halogens is 2. The van der Waals surface area contributed by atoms with Crippen LogP contribution < -0.4 is 0 Å². The van der Waals surface area contributed by atoms with Crippen molar-refractivity contribution in [3.8, 4) is 6.07 Å². The Balaban J connectivity index is 3.57. The molecule has 0 amide bonds. The lowest BCUT2D eigenvalue weighted by Gasteiger charge is -2.03. The second-order valence-electron chi connectivity index (χ2n) is 1.57. The van der Waals surface area contributed by atoms with Crippen molar-refractivity contribution in [3.63, 3.8) is 0 Å². The molecule has 0 saturated carbocycles. The van der Waals surface area contributed by atoms with Gasteiger partial charge in [0, 0.05) is 11.3 Å². The summed E-state index contributed by atoms with van der Waals surface area (Å²) in [4.78, 5) is 0. The van der Waals surface area contributed by atoms with E-state index >= 15 is 0 Å². The predicted octanol–water partition coefficient (Wildman–Crippen LogP) is 1.99. The molecule has 1 nitrogen and oxygen atoms in total. The van der Waals surface area contributed by atoms with E-state index in [0.717, 1.165) is 0 Å². The second-order valence-corrected chi connectivity index (χ2v) is 2.56. The van der Waals surface area contributed by atoms with Crippen LogP contribution in [0.3, 0.4) is 0 Å². The molecule has 0 aliphatic carbocycles. The highest BCUT2D eigenvalue weighted by molar-refractivity contribution is 6.22. The minimum absolute atomic E-state index is 0.141. The average molecular weight is 152 g/mol. The number of nitrogens with zero attached hydrogens (tertiary/aromatic N) is 1. The molecule has 0 fully saturated rings. The van der Waals surface area contributed by atoms with E-state index in [2.05, 4.69) is 0 Å². The fraction of sp³-hybridized carbons (Fsp3) is 0.800. The summed E-state index contributed by atoms with van der Waals surface area (Å²) in [5.74, 6) is 0.111. The number of alkyl halides is 2. The summed E-state index contributed by atoms with van der Waals surface area (Å²) in [5.41, 5.74) is 0. The molecular weight excluding hydrogens is 145 g/mol. The highest BCUT2D eigenvalue weighted by Crippen LogP contribution is 2.09. The van der Waals surface area contributed by atoms with Crippen LogP contribution in [0.15, 0.2) is 0 Å². The van der Waals surface area contributed by atoms with Crippen molar-refractivity contribution in [1.29, 1.82) is 5.26 Å². The maximum absolute atomic E-state index is 8.28. The quantitative estimate of drug-likeness (QED) is 0.555. The van der Waals surface area contributed by atoms with Gasteiger partial charge in [-0.25, -0.2) is 0 Å². The second kappa shape index (κ2) is 4.00. The molecule has 0 saturated heterocycles. The van der Waals surface area contributed by atoms with Crippen LogP contribution in [0.4, 0.5) is 0 Å². The first-order valence-electron chi connectivity index (χ1n) is 2.32. The predicted molar refractivity (Wildman–Crippen MR) is 35.1 cm³/mol. The number of hydrogen-bond acceptors (Lipinski definition) is 1. The van der Waals surface area contributed by atoms with Crippen LogP contribution in [0, 0.1) is 17.2 Å². The van der Waals surface area contributed by atoms with Crippen molar-refractivity contribution in [2.75, 3.05) is 5.88 Å². The minimum atomic E-state index is -0.210. The van der Waals surface area contributed by atoms with Gasteiger partial charge in [-0.15, -0.1) is 23.2 Å². The lowest BCUT2D eigenvalue weighted by molar-refractivity contribution is 0.729. The Morgan fingerprint density at radius 2 is 2.25 bits per heavy atom. The summed E-state index contributed by atoms with van der Waals surface area (Å²) in [6.07, 6.45) is 0. The molecule has 0 aromatic carbocycles. The first-order valence-corrected chi connectivity index (χ1v) is 3.29. The summed E-state index contributed by atoms with van der Waals surface area (Å²) in [6.45, 7) is 1.76. The van der Waals surface area contributed by atoms with Crippen LogP contribution >= 0.6 is 23.2 Å². The lowest BCUT2D eigenvalue weighted by atomic mass is 10.1. The maximum Gasteiger partial charge on any atom is 0.0759 e. The van der Waals surface area contributed by atoms with Crippen molar-refractivity contribution in [2.24, 2.45) is 5.92 Å². The van der Waals surface area contributed by atoms with Crippen LogP contribution in [0.2, 0.25) is 0 Å². The van der Waals surface area contributed by atoms with E-state index in [-0.39, 0.29) is 11.3 Å². The standard InChI is InChI=1S/C5H7Cl2N/c1-4(7)5(2-6)3-8/h4-5H,2H2,1H3. The van der Waals surface area contributed by atoms with E-state index in [4.69, 9.17) is 28.5 Å². The van der Waals surface area contributed by atoms with Crippen molar-refractivity contribution >= 4 is 23.2 Å². The van der Waals surface area contributed by atoms with Gasteiger partial charge in [0.25, 0.3) is 0 Å². The molecule has 0 aromatic heterocycles. The molecular formula is C5H7Cl2N. The van der Waals surface area contributed by atoms with Crippen molar-refractivity contribution in [3.05, 3.63) is 0 Å². The summed E-state index contributed by atoms with van der Waals surface area (Å²) in [5, 5.41) is 8.14. The zero-order chi connectivity index (χ0) is 6.57.